The van der Waals surface area contributed by atoms with Crippen LogP contribution in [0.4, 0.5) is 18.9 Å². The maximum absolute atomic E-state index is 14.6. The van der Waals surface area contributed by atoms with E-state index in [1.165, 1.54) is 29.4 Å². The summed E-state index contributed by atoms with van der Waals surface area (Å²) in [7, 11) is 16.3. The number of likely N-dealkylation sites (tertiary alicyclic amines) is 5. The zero-order valence-corrected chi connectivity index (χ0v) is 94.8. The van der Waals surface area contributed by atoms with Crippen molar-refractivity contribution in [2.75, 3.05) is 226 Å². The van der Waals surface area contributed by atoms with Gasteiger partial charge in [0.25, 0.3) is 11.8 Å². The number of anilines is 1. The van der Waals surface area contributed by atoms with Crippen LogP contribution in [0.5, 0.6) is 34.5 Å². The maximum Gasteiger partial charge on any atom is 0.253 e. The van der Waals surface area contributed by atoms with Gasteiger partial charge in [-0.05, 0) is 272 Å². The van der Waals surface area contributed by atoms with Gasteiger partial charge in [-0.1, -0.05) is 143 Å². The number of rotatable bonds is 22. The molecule has 9 aliphatic heterocycles. The summed E-state index contributed by atoms with van der Waals surface area (Å²) in [4.78, 5) is 87.4. The Balaban J connectivity index is 0.000000180. The number of benzene rings is 6. The van der Waals surface area contributed by atoms with E-state index in [4.69, 9.17) is 37.9 Å². The molecule has 15 rings (SSSR count). The molecule has 146 heavy (non-hydrogen) atoms. The molecule has 0 saturated carbocycles. The molecule has 6 aromatic carbocycles. The Bertz CT molecular complexity index is 5190. The Morgan fingerprint density at radius 2 is 0.603 bits per heavy atom. The van der Waals surface area contributed by atoms with Crippen LogP contribution in [0.15, 0.2) is 91.0 Å². The second-order valence-corrected chi connectivity index (χ2v) is 48.5. The SMILES string of the molecule is COc1cc(C(=O)CC2CCN(C(C)C)CC2)c(F)cc1C(C)(C)C.COc1cc(C(=O)CC2CCN(C)CC2)c(F)cc1C(C)(C)C.COc1cc(C(=O)CC2CCN(C3COC3)CC2)c(F)cc1C(C)(C)C.COc1cc(C(=O)N2CCC(N3CCN(C)CC3)CC2)ccc1C(C)(C)C.COc1cc(C(=O)N2CCC(N3CCOCC3)CC2)ccc1C(C)(C)C.COc1cc(N2CCN(C)CC2)ccc1C(C)(C)C. The molecule has 0 aliphatic carbocycles. The van der Waals surface area contributed by atoms with Gasteiger partial charge in [0.2, 0.25) is 0 Å². The Labute approximate surface area is 875 Å². The van der Waals surface area contributed by atoms with Gasteiger partial charge in [0.15, 0.2) is 17.3 Å². The number of Topliss-reactive ketones (excluding diaryl/α,β-unsaturated/α-hetero) is 3. The molecule has 0 N–H and O–H groups in total. The largest absolute Gasteiger partial charge is 0.496 e. The number of piperidine rings is 5. The zero-order chi connectivity index (χ0) is 107. The average Bonchev–Trinajstić information content (AvgIpc) is 0.813. The highest BCUT2D eigenvalue weighted by Gasteiger charge is 2.38. The molecule has 6 aromatic rings. The fourth-order valence-corrected chi connectivity index (χ4v) is 21.4. The van der Waals surface area contributed by atoms with E-state index in [-0.39, 0.29) is 78.3 Å². The van der Waals surface area contributed by atoms with Crippen LogP contribution in [-0.4, -0.2) is 319 Å². The number of morpholine rings is 1. The van der Waals surface area contributed by atoms with Crippen molar-refractivity contribution in [2.24, 2.45) is 17.8 Å². The van der Waals surface area contributed by atoms with Crippen molar-refractivity contribution >= 4 is 34.9 Å². The van der Waals surface area contributed by atoms with Crippen LogP contribution >= 0.6 is 0 Å². The molecule has 812 valence electrons. The summed E-state index contributed by atoms with van der Waals surface area (Å²) in [6, 6.07) is 29.9. The topological polar surface area (TPSA) is 192 Å². The standard InChI is InChI=1S/C22H35N3O2.C21H30FNO3.C21H32FNO2.C21H32N2O3.C19H28FNO2.C16H26N2O/c1-22(2,3)19-7-6-17(16-20(19)27-5)21(26)25-10-8-18(9-11-25)24-14-12-23(4)13-15-24;1-21(2,3)17-11-18(22)16(10-20(17)25-4)19(24)9-14-5-7-23(8-6-14)15-12-26-13-15;1-14(2)23-9-7-15(8-10-23)11-19(24)16-12-20(25-6)17(13-18(16)22)21(3,4)5;1-21(2,3)18-6-5-16(15-19(18)25-4)20(24)23-9-7-17(8-10-23)22-11-13-26-14-12-22;1-19(2,3)15-12-16(20)14(11-18(15)23-5)17(22)10-13-6-8-21(4)9-7-13;1-16(2,3)14-7-6-13(12-15(14)19-5)18-10-8-17(4)9-11-18/h6-7,16,18H,8-15H2,1-5H3;10-11,14-15H,5-9,12-13H2,1-4H3;12-15H,7-11H2,1-6H3;5-6,15,17H,7-14H2,1-4H3;11-13H,6-10H2,1-5H3;6-7,12H,8-11H2,1-5H3. The van der Waals surface area contributed by atoms with E-state index in [1.54, 1.807) is 60.9 Å². The van der Waals surface area contributed by atoms with E-state index >= 15 is 0 Å². The van der Waals surface area contributed by atoms with Crippen molar-refractivity contribution in [1.82, 2.24) is 44.1 Å². The summed E-state index contributed by atoms with van der Waals surface area (Å²) >= 11 is 0. The van der Waals surface area contributed by atoms with Crippen LogP contribution < -0.4 is 33.3 Å². The number of piperazine rings is 2. The van der Waals surface area contributed by atoms with Gasteiger partial charge in [0.1, 0.15) is 51.9 Å². The molecule has 23 nitrogen and oxygen atoms in total. The summed E-state index contributed by atoms with van der Waals surface area (Å²) in [6.07, 6.45) is 11.5. The van der Waals surface area contributed by atoms with Gasteiger partial charge >= 0.3 is 0 Å². The first-order chi connectivity index (χ1) is 68.7. The van der Waals surface area contributed by atoms with Gasteiger partial charge in [-0.2, -0.15) is 0 Å². The highest BCUT2D eigenvalue weighted by atomic mass is 19.1. The van der Waals surface area contributed by atoms with E-state index < -0.39 is 17.5 Å². The molecule has 9 fully saturated rings. The number of likely N-dealkylation sites (N-methyl/N-ethyl adjacent to an activating group) is 2. The Kier molecular flexibility index (Phi) is 43.5. The third-order valence-corrected chi connectivity index (χ3v) is 31.1. The quantitative estimate of drug-likeness (QED) is 0.0582. The van der Waals surface area contributed by atoms with Gasteiger partial charge in [0.05, 0.1) is 91.8 Å². The van der Waals surface area contributed by atoms with Crippen molar-refractivity contribution in [1.29, 1.82) is 0 Å². The molecule has 2 amide bonds. The minimum Gasteiger partial charge on any atom is -0.496 e. The predicted octanol–water partition coefficient (Wildman–Crippen LogP) is 21.2. The fraction of sp³-hybridized carbons (Fsp3) is 0.658. The van der Waals surface area contributed by atoms with Crippen LogP contribution in [0.3, 0.4) is 0 Å². The van der Waals surface area contributed by atoms with Crippen molar-refractivity contribution in [2.45, 2.75) is 279 Å². The molecule has 0 bridgehead atoms. The number of ketones is 3. The molecule has 0 atom stereocenters. The lowest BCUT2D eigenvalue weighted by Gasteiger charge is -2.42. The van der Waals surface area contributed by atoms with E-state index in [0.717, 1.165) is 278 Å². The van der Waals surface area contributed by atoms with Gasteiger partial charge in [-0.15, -0.1) is 0 Å². The van der Waals surface area contributed by atoms with Crippen molar-refractivity contribution in [3.8, 4) is 34.5 Å². The second kappa shape index (κ2) is 53.3. The fourth-order valence-electron chi connectivity index (χ4n) is 21.4. The van der Waals surface area contributed by atoms with Crippen molar-refractivity contribution < 1.29 is 75.0 Å². The Morgan fingerprint density at radius 3 is 0.918 bits per heavy atom. The number of hydrogen-bond acceptors (Lipinski definition) is 21. The van der Waals surface area contributed by atoms with Crippen LogP contribution in [-0.2, 0) is 42.0 Å². The number of methoxy groups -OCH3 is 6. The molecule has 0 radical (unpaired) electrons. The molecular weight excluding hydrogens is 1850 g/mol. The number of amides is 2. The van der Waals surface area contributed by atoms with Gasteiger partial charge in [0, 0.05) is 169 Å². The van der Waals surface area contributed by atoms with Crippen LogP contribution in [0.25, 0.3) is 0 Å². The highest BCUT2D eigenvalue weighted by molar-refractivity contribution is 5.99. The summed E-state index contributed by atoms with van der Waals surface area (Å²) in [5, 5.41) is 0. The van der Waals surface area contributed by atoms with Crippen molar-refractivity contribution in [3.63, 3.8) is 0 Å². The lowest BCUT2D eigenvalue weighted by molar-refractivity contribution is -0.0737. The first kappa shape index (κ1) is 119. The van der Waals surface area contributed by atoms with Crippen LogP contribution in [0, 0.1) is 35.2 Å². The summed E-state index contributed by atoms with van der Waals surface area (Å²) in [6.45, 7) is 65.9. The zero-order valence-electron chi connectivity index (χ0n) is 94.8. The molecule has 9 heterocycles. The molecule has 26 heteroatoms. The molecule has 0 spiro atoms. The smallest absolute Gasteiger partial charge is 0.253 e. The number of halogens is 3. The summed E-state index contributed by atoms with van der Waals surface area (Å²) in [5.41, 5.74) is 8.48. The lowest BCUT2D eigenvalue weighted by atomic mass is 9.84. The third kappa shape index (κ3) is 33.4. The first-order valence-corrected chi connectivity index (χ1v) is 54.1. The number of nitrogens with zero attached hydrogens (tertiary/aromatic N) is 10. The maximum atomic E-state index is 14.6. The monoisotopic (exact) mass is 2030 g/mol. The number of hydrogen-bond donors (Lipinski definition) is 0. The van der Waals surface area contributed by atoms with E-state index in [1.807, 2.05) is 109 Å². The minimum atomic E-state index is -0.440. The van der Waals surface area contributed by atoms with Gasteiger partial charge in [-0.3, -0.25) is 38.7 Å². The van der Waals surface area contributed by atoms with Gasteiger partial charge < -0.3 is 72.2 Å². The predicted molar refractivity (Wildman–Crippen MR) is 584 cm³/mol. The lowest BCUT2D eigenvalue weighted by Crippen LogP contribution is -2.52. The Morgan fingerprint density at radius 1 is 0.315 bits per heavy atom. The molecule has 9 aliphatic rings. The summed E-state index contributed by atoms with van der Waals surface area (Å²) < 4.78 is 87.4. The molecular formula is C120H183F3N10O13. The molecule has 0 aromatic heterocycles. The van der Waals surface area contributed by atoms with Gasteiger partial charge in [-0.25, -0.2) is 13.2 Å². The minimum absolute atomic E-state index is 0.00617. The number of carbonyl (C=O) groups excluding carboxylic acids is 5. The van der Waals surface area contributed by atoms with E-state index in [9.17, 15) is 37.1 Å². The first-order valence-electron chi connectivity index (χ1n) is 54.1. The third-order valence-electron chi connectivity index (χ3n) is 31.1. The number of carbonyl (C=O) groups is 5. The Hall–Kier alpha value is -8.70. The highest BCUT2D eigenvalue weighted by Crippen LogP contribution is 2.43. The second-order valence-electron chi connectivity index (χ2n) is 48.5. The normalized spacial score (nSPS) is 19.0. The van der Waals surface area contributed by atoms with E-state index in [2.05, 4.69) is 155 Å². The molecule has 0 unspecified atom stereocenters. The van der Waals surface area contributed by atoms with Crippen LogP contribution in [0.2, 0.25) is 0 Å². The molecule has 9 saturated heterocycles. The van der Waals surface area contributed by atoms with Crippen molar-refractivity contribution in [3.05, 3.63) is 170 Å². The van der Waals surface area contributed by atoms with Crippen LogP contribution in [0.1, 0.15) is 307 Å². The average molecular weight is 2030 g/mol. The summed E-state index contributed by atoms with van der Waals surface area (Å²) in [5.74, 6) is 3.98. The number of ether oxygens (including phenoxy) is 8. The van der Waals surface area contributed by atoms with E-state index in [0.29, 0.717) is 78.4 Å².